The Morgan fingerprint density at radius 2 is 2.08 bits per heavy atom. The summed E-state index contributed by atoms with van der Waals surface area (Å²) in [7, 11) is -3.58. The standard InChI is InChI=1S/C16H19N5O2S2/c1-9(8-25(17,22)23)19-15-13-10(2)11(3)24-16(13)21-14(20-15)12-5-4-6-18-7-12/h4-7,9H,8H2,1-3H3,(H2,17,22,23)(H,19,20,21)/t9-/m0/s1. The van der Waals surface area contributed by atoms with E-state index < -0.39 is 10.0 Å². The topological polar surface area (TPSA) is 111 Å². The minimum absolute atomic E-state index is 0.178. The quantitative estimate of drug-likeness (QED) is 0.706. The number of nitrogens with zero attached hydrogens (tertiary/aromatic N) is 3. The maximum absolute atomic E-state index is 11.4. The maximum Gasteiger partial charge on any atom is 0.211 e. The molecule has 0 aromatic carbocycles. The summed E-state index contributed by atoms with van der Waals surface area (Å²) in [5.41, 5.74) is 1.89. The monoisotopic (exact) mass is 377 g/mol. The van der Waals surface area contributed by atoms with Crippen molar-refractivity contribution in [3.63, 3.8) is 0 Å². The molecule has 0 saturated carbocycles. The van der Waals surface area contributed by atoms with Crippen molar-refractivity contribution in [1.82, 2.24) is 15.0 Å². The van der Waals surface area contributed by atoms with E-state index in [1.165, 1.54) is 0 Å². The van der Waals surface area contributed by atoms with Crippen LogP contribution in [0.25, 0.3) is 21.6 Å². The van der Waals surface area contributed by atoms with Crippen molar-refractivity contribution in [2.24, 2.45) is 5.14 Å². The molecule has 25 heavy (non-hydrogen) atoms. The SMILES string of the molecule is Cc1sc2nc(-c3cccnc3)nc(N[C@@H](C)CS(N)(=O)=O)c2c1C. The summed E-state index contributed by atoms with van der Waals surface area (Å²) in [6.45, 7) is 5.80. The Labute approximate surface area is 150 Å². The van der Waals surface area contributed by atoms with Gasteiger partial charge in [-0.3, -0.25) is 4.98 Å². The molecule has 3 rings (SSSR count). The molecule has 0 amide bonds. The second kappa shape index (κ2) is 6.66. The first-order valence-corrected chi connectivity index (χ1v) is 10.2. The molecule has 132 valence electrons. The normalized spacial score (nSPS) is 13.1. The lowest BCUT2D eigenvalue weighted by molar-refractivity contribution is 0.593. The van der Waals surface area contributed by atoms with Gasteiger partial charge in [0, 0.05) is 28.9 Å². The van der Waals surface area contributed by atoms with E-state index in [9.17, 15) is 8.42 Å². The van der Waals surface area contributed by atoms with E-state index in [2.05, 4.69) is 20.3 Å². The first kappa shape index (κ1) is 17.7. The van der Waals surface area contributed by atoms with Crippen LogP contribution in [0.2, 0.25) is 0 Å². The highest BCUT2D eigenvalue weighted by atomic mass is 32.2. The number of primary sulfonamides is 1. The largest absolute Gasteiger partial charge is 0.366 e. The van der Waals surface area contributed by atoms with Gasteiger partial charge in [0.25, 0.3) is 0 Å². The van der Waals surface area contributed by atoms with Crippen LogP contribution in [0, 0.1) is 13.8 Å². The second-order valence-electron chi connectivity index (χ2n) is 5.98. The zero-order valence-electron chi connectivity index (χ0n) is 14.1. The number of anilines is 1. The Morgan fingerprint density at radius 1 is 1.32 bits per heavy atom. The van der Waals surface area contributed by atoms with Crippen LogP contribution < -0.4 is 10.5 Å². The number of nitrogens with two attached hydrogens (primary N) is 1. The van der Waals surface area contributed by atoms with Crippen LogP contribution in [-0.4, -0.2) is 35.2 Å². The Balaban J connectivity index is 2.11. The van der Waals surface area contributed by atoms with Gasteiger partial charge in [-0.15, -0.1) is 11.3 Å². The molecule has 0 saturated heterocycles. The number of aryl methyl sites for hydroxylation is 2. The molecule has 0 bridgehead atoms. The molecule has 0 unspecified atom stereocenters. The number of sulfonamides is 1. The highest BCUT2D eigenvalue weighted by molar-refractivity contribution is 7.89. The van der Waals surface area contributed by atoms with Gasteiger partial charge in [-0.05, 0) is 38.5 Å². The molecular formula is C16H19N5O2S2. The average Bonchev–Trinajstić information content (AvgIpc) is 2.81. The Hall–Kier alpha value is -2.10. The molecular weight excluding hydrogens is 358 g/mol. The fraction of sp³-hybridized carbons (Fsp3) is 0.312. The van der Waals surface area contributed by atoms with Crippen molar-refractivity contribution in [3.8, 4) is 11.4 Å². The third-order valence-corrected chi connectivity index (χ3v) is 5.88. The van der Waals surface area contributed by atoms with Gasteiger partial charge in [0.1, 0.15) is 10.6 Å². The van der Waals surface area contributed by atoms with Crippen molar-refractivity contribution < 1.29 is 8.42 Å². The minimum Gasteiger partial charge on any atom is -0.366 e. The van der Waals surface area contributed by atoms with Gasteiger partial charge in [0.2, 0.25) is 10.0 Å². The van der Waals surface area contributed by atoms with E-state index in [1.807, 2.05) is 26.0 Å². The number of hydrogen-bond acceptors (Lipinski definition) is 7. The molecule has 7 nitrogen and oxygen atoms in total. The summed E-state index contributed by atoms with van der Waals surface area (Å²) in [4.78, 5) is 15.4. The first-order valence-electron chi connectivity index (χ1n) is 7.70. The van der Waals surface area contributed by atoms with Crippen molar-refractivity contribution in [1.29, 1.82) is 0 Å². The predicted octanol–water partition coefficient (Wildman–Crippen LogP) is 2.46. The van der Waals surface area contributed by atoms with E-state index in [0.717, 1.165) is 26.2 Å². The molecule has 1 atom stereocenters. The van der Waals surface area contributed by atoms with E-state index in [1.54, 1.807) is 30.7 Å². The van der Waals surface area contributed by atoms with Crippen LogP contribution >= 0.6 is 11.3 Å². The van der Waals surface area contributed by atoms with Crippen LogP contribution in [0.4, 0.5) is 5.82 Å². The van der Waals surface area contributed by atoms with Crippen molar-refractivity contribution in [2.45, 2.75) is 26.8 Å². The molecule has 0 spiro atoms. The minimum atomic E-state index is -3.58. The fourth-order valence-corrected chi connectivity index (χ4v) is 4.41. The summed E-state index contributed by atoms with van der Waals surface area (Å²) in [5.74, 6) is 0.983. The van der Waals surface area contributed by atoms with E-state index in [-0.39, 0.29) is 11.8 Å². The molecule has 3 heterocycles. The third-order valence-electron chi connectivity index (χ3n) is 3.81. The number of thiophene rings is 1. The van der Waals surface area contributed by atoms with Gasteiger partial charge in [0.05, 0.1) is 11.1 Å². The summed E-state index contributed by atoms with van der Waals surface area (Å²) >= 11 is 1.59. The molecule has 3 N–H and O–H groups in total. The Bertz CT molecular complexity index is 1020. The number of pyridine rings is 1. The van der Waals surface area contributed by atoms with Crippen LogP contribution in [0.1, 0.15) is 17.4 Å². The molecule has 0 radical (unpaired) electrons. The van der Waals surface area contributed by atoms with Crippen LogP contribution in [0.5, 0.6) is 0 Å². The molecule has 3 aromatic heterocycles. The lowest BCUT2D eigenvalue weighted by Crippen LogP contribution is -2.30. The van der Waals surface area contributed by atoms with Gasteiger partial charge < -0.3 is 5.32 Å². The number of rotatable bonds is 5. The van der Waals surface area contributed by atoms with E-state index in [0.29, 0.717) is 11.6 Å². The molecule has 0 aliphatic carbocycles. The van der Waals surface area contributed by atoms with Gasteiger partial charge in [-0.2, -0.15) is 0 Å². The first-order chi connectivity index (χ1) is 11.7. The number of aromatic nitrogens is 3. The number of hydrogen-bond donors (Lipinski definition) is 2. The van der Waals surface area contributed by atoms with Crippen LogP contribution in [0.15, 0.2) is 24.5 Å². The Morgan fingerprint density at radius 3 is 2.72 bits per heavy atom. The summed E-state index contributed by atoms with van der Waals surface area (Å²) < 4.78 is 22.7. The number of fused-ring (bicyclic) bond motifs is 1. The predicted molar refractivity (Wildman–Crippen MR) is 101 cm³/mol. The zero-order chi connectivity index (χ0) is 18.2. The highest BCUT2D eigenvalue weighted by Crippen LogP contribution is 2.35. The van der Waals surface area contributed by atoms with Gasteiger partial charge >= 0.3 is 0 Å². The number of nitrogens with one attached hydrogen (secondary N) is 1. The van der Waals surface area contributed by atoms with Gasteiger partial charge in [0.15, 0.2) is 5.82 Å². The molecule has 3 aromatic rings. The van der Waals surface area contributed by atoms with E-state index in [4.69, 9.17) is 5.14 Å². The molecule has 0 aliphatic rings. The van der Waals surface area contributed by atoms with Crippen molar-refractivity contribution in [3.05, 3.63) is 35.0 Å². The zero-order valence-corrected chi connectivity index (χ0v) is 15.8. The van der Waals surface area contributed by atoms with E-state index >= 15 is 0 Å². The van der Waals surface area contributed by atoms with Crippen molar-refractivity contribution in [2.75, 3.05) is 11.1 Å². The summed E-state index contributed by atoms with van der Waals surface area (Å²) in [5, 5.41) is 9.25. The van der Waals surface area contributed by atoms with Crippen LogP contribution in [0.3, 0.4) is 0 Å². The maximum atomic E-state index is 11.4. The Kier molecular flexibility index (Phi) is 4.72. The van der Waals surface area contributed by atoms with Gasteiger partial charge in [-0.1, -0.05) is 0 Å². The molecule has 0 fully saturated rings. The summed E-state index contributed by atoms with van der Waals surface area (Å²) in [6.07, 6.45) is 3.39. The van der Waals surface area contributed by atoms with Crippen LogP contribution in [-0.2, 0) is 10.0 Å². The fourth-order valence-electron chi connectivity index (χ4n) is 2.60. The summed E-state index contributed by atoms with van der Waals surface area (Å²) in [6, 6.07) is 3.33. The highest BCUT2D eigenvalue weighted by Gasteiger charge is 2.18. The smallest absolute Gasteiger partial charge is 0.211 e. The molecule has 0 aliphatic heterocycles. The average molecular weight is 377 g/mol. The van der Waals surface area contributed by atoms with Gasteiger partial charge in [-0.25, -0.2) is 23.5 Å². The lowest BCUT2D eigenvalue weighted by atomic mass is 10.2. The third kappa shape index (κ3) is 3.94. The lowest BCUT2D eigenvalue weighted by Gasteiger charge is -2.15. The molecule has 9 heteroatoms. The van der Waals surface area contributed by atoms with Crippen molar-refractivity contribution >= 4 is 37.4 Å². The second-order valence-corrected chi connectivity index (χ2v) is 8.84.